The molecule has 1 aromatic carbocycles. The van der Waals surface area contributed by atoms with Gasteiger partial charge in [-0.1, -0.05) is 29.4 Å². The van der Waals surface area contributed by atoms with Crippen LogP contribution in [0.25, 0.3) is 11.4 Å². The quantitative estimate of drug-likeness (QED) is 0.816. The molecule has 2 heterocycles. The molecule has 2 aromatic rings. The standard InChI is InChI=1S/C19H25N3O4/c1-13-6-3-4-7-14(13)19-21-18(26-22-19)9-5-8-17(23)20-15-10-11-25-12-16(15)24-2/h3-4,6-7,15-16H,5,8-12H2,1-2H3,(H,20,23)/t15-,16-/m1/s1. The second-order valence-electron chi connectivity index (χ2n) is 6.49. The summed E-state index contributed by atoms with van der Waals surface area (Å²) in [5, 5.41) is 7.08. The molecule has 1 saturated heterocycles. The third-order valence-electron chi connectivity index (χ3n) is 4.60. The monoisotopic (exact) mass is 359 g/mol. The number of hydrogen-bond donors (Lipinski definition) is 1. The Bertz CT molecular complexity index is 731. The number of carbonyl (C=O) groups excluding carboxylic acids is 1. The number of aromatic nitrogens is 2. The van der Waals surface area contributed by atoms with Gasteiger partial charge in [0.2, 0.25) is 17.6 Å². The van der Waals surface area contributed by atoms with Crippen LogP contribution in [-0.4, -0.2) is 48.5 Å². The van der Waals surface area contributed by atoms with E-state index >= 15 is 0 Å². The maximum absolute atomic E-state index is 12.2. The van der Waals surface area contributed by atoms with Gasteiger partial charge in [0.1, 0.15) is 6.10 Å². The molecule has 3 rings (SSSR count). The molecule has 1 aliphatic heterocycles. The first-order chi connectivity index (χ1) is 12.7. The lowest BCUT2D eigenvalue weighted by atomic mass is 10.1. The predicted molar refractivity (Wildman–Crippen MR) is 95.6 cm³/mol. The molecule has 0 spiro atoms. The van der Waals surface area contributed by atoms with E-state index in [0.29, 0.717) is 44.2 Å². The van der Waals surface area contributed by atoms with Crippen molar-refractivity contribution in [3.8, 4) is 11.4 Å². The summed E-state index contributed by atoms with van der Waals surface area (Å²) >= 11 is 0. The molecule has 0 radical (unpaired) electrons. The van der Waals surface area contributed by atoms with E-state index in [-0.39, 0.29) is 18.1 Å². The van der Waals surface area contributed by atoms with E-state index < -0.39 is 0 Å². The molecule has 1 N–H and O–H groups in total. The van der Waals surface area contributed by atoms with Crippen LogP contribution in [0.2, 0.25) is 0 Å². The van der Waals surface area contributed by atoms with E-state index in [2.05, 4.69) is 15.5 Å². The van der Waals surface area contributed by atoms with Crippen molar-refractivity contribution in [2.45, 2.75) is 44.8 Å². The number of ether oxygens (including phenoxy) is 2. The Morgan fingerprint density at radius 2 is 2.23 bits per heavy atom. The van der Waals surface area contributed by atoms with E-state index in [1.165, 1.54) is 0 Å². The van der Waals surface area contributed by atoms with Gasteiger partial charge in [-0.05, 0) is 25.3 Å². The van der Waals surface area contributed by atoms with Crippen molar-refractivity contribution < 1.29 is 18.8 Å². The minimum atomic E-state index is -0.0830. The van der Waals surface area contributed by atoms with E-state index in [1.807, 2.05) is 31.2 Å². The summed E-state index contributed by atoms with van der Waals surface area (Å²) in [6.45, 7) is 3.18. The Morgan fingerprint density at radius 3 is 3.04 bits per heavy atom. The lowest BCUT2D eigenvalue weighted by molar-refractivity contribution is -0.125. The van der Waals surface area contributed by atoms with Gasteiger partial charge in [0.25, 0.3) is 0 Å². The third-order valence-corrected chi connectivity index (χ3v) is 4.60. The van der Waals surface area contributed by atoms with Crippen molar-refractivity contribution in [1.29, 1.82) is 0 Å². The van der Waals surface area contributed by atoms with Gasteiger partial charge in [0, 0.05) is 32.1 Å². The fourth-order valence-electron chi connectivity index (χ4n) is 3.08. The van der Waals surface area contributed by atoms with Crippen LogP contribution in [-0.2, 0) is 20.7 Å². The topological polar surface area (TPSA) is 86.5 Å². The smallest absolute Gasteiger partial charge is 0.226 e. The highest BCUT2D eigenvalue weighted by atomic mass is 16.5. The first-order valence-electron chi connectivity index (χ1n) is 8.96. The predicted octanol–water partition coefficient (Wildman–Crippen LogP) is 2.29. The van der Waals surface area contributed by atoms with Crippen molar-refractivity contribution >= 4 is 5.91 Å². The first-order valence-corrected chi connectivity index (χ1v) is 8.96. The molecule has 0 unspecified atom stereocenters. The van der Waals surface area contributed by atoms with Crippen LogP contribution in [0, 0.1) is 6.92 Å². The second-order valence-corrected chi connectivity index (χ2v) is 6.49. The average molecular weight is 359 g/mol. The maximum atomic E-state index is 12.2. The molecular formula is C19H25N3O4. The fraction of sp³-hybridized carbons (Fsp3) is 0.526. The van der Waals surface area contributed by atoms with Gasteiger partial charge in [0.15, 0.2) is 0 Å². The fourth-order valence-corrected chi connectivity index (χ4v) is 3.08. The van der Waals surface area contributed by atoms with Crippen LogP contribution in [0.5, 0.6) is 0 Å². The summed E-state index contributed by atoms with van der Waals surface area (Å²) in [4.78, 5) is 16.6. The van der Waals surface area contributed by atoms with Gasteiger partial charge >= 0.3 is 0 Å². The van der Waals surface area contributed by atoms with Crippen LogP contribution in [0.4, 0.5) is 0 Å². The number of nitrogens with zero attached hydrogens (tertiary/aromatic N) is 2. The van der Waals surface area contributed by atoms with Gasteiger partial charge in [0.05, 0.1) is 12.6 Å². The number of rotatable bonds is 7. The van der Waals surface area contributed by atoms with E-state index in [9.17, 15) is 4.79 Å². The highest BCUT2D eigenvalue weighted by Gasteiger charge is 2.26. The van der Waals surface area contributed by atoms with E-state index in [4.69, 9.17) is 14.0 Å². The molecule has 0 aliphatic carbocycles. The molecule has 1 fully saturated rings. The average Bonchev–Trinajstić information content (AvgIpc) is 3.11. The maximum Gasteiger partial charge on any atom is 0.226 e. The molecule has 7 nitrogen and oxygen atoms in total. The number of nitrogens with one attached hydrogen (secondary N) is 1. The van der Waals surface area contributed by atoms with Crippen LogP contribution in [0.3, 0.4) is 0 Å². The number of amides is 1. The molecule has 7 heteroatoms. The van der Waals surface area contributed by atoms with Gasteiger partial charge in [-0.25, -0.2) is 0 Å². The number of methoxy groups -OCH3 is 1. The lowest BCUT2D eigenvalue weighted by Gasteiger charge is -2.31. The lowest BCUT2D eigenvalue weighted by Crippen LogP contribution is -2.49. The van der Waals surface area contributed by atoms with Crippen molar-refractivity contribution in [2.24, 2.45) is 0 Å². The van der Waals surface area contributed by atoms with Crippen LogP contribution < -0.4 is 5.32 Å². The normalized spacial score (nSPS) is 20.1. The van der Waals surface area contributed by atoms with Crippen LogP contribution in [0.15, 0.2) is 28.8 Å². The minimum absolute atomic E-state index is 0.0114. The Hall–Kier alpha value is -2.25. The number of hydrogen-bond acceptors (Lipinski definition) is 6. The van der Waals surface area contributed by atoms with Crippen molar-refractivity contribution in [2.75, 3.05) is 20.3 Å². The third kappa shape index (κ3) is 4.68. The summed E-state index contributed by atoms with van der Waals surface area (Å²) in [6, 6.07) is 7.92. The summed E-state index contributed by atoms with van der Waals surface area (Å²) < 4.78 is 16.0. The zero-order valence-corrected chi connectivity index (χ0v) is 15.2. The van der Waals surface area contributed by atoms with Crippen molar-refractivity contribution in [1.82, 2.24) is 15.5 Å². The Morgan fingerprint density at radius 1 is 1.38 bits per heavy atom. The molecule has 0 bridgehead atoms. The Balaban J connectivity index is 1.46. The SMILES string of the molecule is CO[C@@H]1COCC[C@H]1NC(=O)CCCc1nc(-c2ccccc2C)no1. The molecule has 1 aromatic heterocycles. The summed E-state index contributed by atoms with van der Waals surface area (Å²) in [5.41, 5.74) is 2.06. The van der Waals surface area contributed by atoms with Gasteiger partial charge in [-0.15, -0.1) is 0 Å². The Labute approximate surface area is 153 Å². The van der Waals surface area contributed by atoms with Crippen LogP contribution in [0.1, 0.15) is 30.7 Å². The summed E-state index contributed by atoms with van der Waals surface area (Å²) in [7, 11) is 1.64. The second kappa shape index (κ2) is 8.91. The summed E-state index contributed by atoms with van der Waals surface area (Å²) in [6.07, 6.45) is 2.33. The van der Waals surface area contributed by atoms with Gasteiger partial charge < -0.3 is 19.3 Å². The molecule has 1 aliphatic rings. The molecule has 26 heavy (non-hydrogen) atoms. The minimum Gasteiger partial charge on any atom is -0.379 e. The van der Waals surface area contributed by atoms with Crippen molar-refractivity contribution in [3.63, 3.8) is 0 Å². The highest BCUT2D eigenvalue weighted by molar-refractivity contribution is 5.76. The molecule has 0 saturated carbocycles. The summed E-state index contributed by atoms with van der Waals surface area (Å²) in [5.74, 6) is 1.15. The van der Waals surface area contributed by atoms with Gasteiger partial charge in [-0.3, -0.25) is 4.79 Å². The van der Waals surface area contributed by atoms with Crippen molar-refractivity contribution in [3.05, 3.63) is 35.7 Å². The largest absolute Gasteiger partial charge is 0.379 e. The molecule has 140 valence electrons. The number of carbonyl (C=O) groups is 1. The molecular weight excluding hydrogens is 334 g/mol. The number of benzene rings is 1. The first kappa shape index (κ1) is 18.5. The van der Waals surface area contributed by atoms with E-state index in [1.54, 1.807) is 7.11 Å². The molecule has 1 amide bonds. The zero-order chi connectivity index (χ0) is 18.4. The zero-order valence-electron chi connectivity index (χ0n) is 15.2. The van der Waals surface area contributed by atoms with E-state index in [0.717, 1.165) is 17.5 Å². The van der Waals surface area contributed by atoms with Gasteiger partial charge in [-0.2, -0.15) is 4.98 Å². The molecule has 2 atom stereocenters. The Kier molecular flexibility index (Phi) is 6.35. The highest BCUT2D eigenvalue weighted by Crippen LogP contribution is 2.20. The number of aryl methyl sites for hydroxylation is 2. The van der Waals surface area contributed by atoms with Crippen LogP contribution >= 0.6 is 0 Å².